The van der Waals surface area contributed by atoms with Gasteiger partial charge in [0.2, 0.25) is 0 Å². The van der Waals surface area contributed by atoms with Crippen LogP contribution in [0.2, 0.25) is 0 Å². The maximum atomic E-state index is 4.37. The smallest absolute Gasteiger partial charge is 0.0541 e. The fourth-order valence-electron chi connectivity index (χ4n) is 3.01. The largest absolute Gasteiger partial charge is 0.382 e. The molecule has 2 heterocycles. The predicted molar refractivity (Wildman–Crippen MR) is 87.3 cm³/mol. The van der Waals surface area contributed by atoms with E-state index in [4.69, 9.17) is 0 Å². The zero-order chi connectivity index (χ0) is 14.7. The van der Waals surface area contributed by atoms with Crippen molar-refractivity contribution in [1.82, 2.24) is 10.3 Å². The summed E-state index contributed by atoms with van der Waals surface area (Å²) in [7, 11) is 0. The number of anilines is 1. The first-order valence-corrected chi connectivity index (χ1v) is 7.79. The number of rotatable bonds is 5. The Kier molecular flexibility index (Phi) is 4.20. The summed E-state index contributed by atoms with van der Waals surface area (Å²) in [6.07, 6.45) is 4.05. The number of nitrogens with one attached hydrogen (secondary N) is 2. The normalized spacial score (nSPS) is 18.1. The van der Waals surface area contributed by atoms with E-state index in [1.54, 1.807) is 0 Å². The molecule has 2 aromatic rings. The van der Waals surface area contributed by atoms with E-state index < -0.39 is 0 Å². The van der Waals surface area contributed by atoms with Gasteiger partial charge in [-0.15, -0.1) is 0 Å². The van der Waals surface area contributed by atoms with E-state index >= 15 is 0 Å². The van der Waals surface area contributed by atoms with Gasteiger partial charge in [-0.2, -0.15) is 0 Å². The molecule has 2 atom stereocenters. The van der Waals surface area contributed by atoms with Crippen LogP contribution in [0.1, 0.15) is 43.1 Å². The second-order valence-electron chi connectivity index (χ2n) is 5.83. The molecule has 1 aromatic heterocycles. The minimum Gasteiger partial charge on any atom is -0.382 e. The second kappa shape index (κ2) is 6.27. The molecule has 3 rings (SSSR count). The first kappa shape index (κ1) is 14.1. The van der Waals surface area contributed by atoms with E-state index in [2.05, 4.69) is 53.7 Å². The van der Waals surface area contributed by atoms with Gasteiger partial charge in [0, 0.05) is 30.5 Å². The molecule has 0 spiro atoms. The average molecular weight is 281 g/mol. The molecular weight excluding hydrogens is 258 g/mol. The summed E-state index contributed by atoms with van der Waals surface area (Å²) in [4.78, 5) is 4.37. The summed E-state index contributed by atoms with van der Waals surface area (Å²) in [5.41, 5.74) is 5.21. The number of pyridine rings is 1. The highest BCUT2D eigenvalue weighted by Gasteiger charge is 2.18. The lowest BCUT2D eigenvalue weighted by molar-refractivity contribution is 0.514. The summed E-state index contributed by atoms with van der Waals surface area (Å²) < 4.78 is 0. The topological polar surface area (TPSA) is 37.0 Å². The zero-order valence-corrected chi connectivity index (χ0v) is 12.8. The van der Waals surface area contributed by atoms with Gasteiger partial charge >= 0.3 is 0 Å². The number of benzene rings is 1. The SMILES string of the molecule is CCC(NCc1ccccn1)c1ccc2c(c1)CC(C)N2. The van der Waals surface area contributed by atoms with E-state index in [0.29, 0.717) is 12.1 Å². The quantitative estimate of drug-likeness (QED) is 0.878. The van der Waals surface area contributed by atoms with Gasteiger partial charge in [0.15, 0.2) is 0 Å². The lowest BCUT2D eigenvalue weighted by Gasteiger charge is -2.18. The molecule has 0 fully saturated rings. The Morgan fingerprint density at radius 2 is 2.24 bits per heavy atom. The molecule has 0 saturated heterocycles. The summed E-state index contributed by atoms with van der Waals surface area (Å²) in [6.45, 7) is 5.27. The number of hydrogen-bond acceptors (Lipinski definition) is 3. The Labute approximate surface area is 126 Å². The minimum absolute atomic E-state index is 0.383. The summed E-state index contributed by atoms with van der Waals surface area (Å²) in [6, 6.07) is 13.8. The lowest BCUT2D eigenvalue weighted by atomic mass is 10.00. The molecule has 21 heavy (non-hydrogen) atoms. The van der Waals surface area contributed by atoms with Crippen molar-refractivity contribution in [2.45, 2.75) is 45.3 Å². The van der Waals surface area contributed by atoms with Gasteiger partial charge in [-0.3, -0.25) is 4.98 Å². The molecule has 0 aliphatic carbocycles. The highest BCUT2D eigenvalue weighted by atomic mass is 14.9. The molecular formula is C18H23N3. The van der Waals surface area contributed by atoms with Crippen molar-refractivity contribution in [1.29, 1.82) is 0 Å². The molecule has 3 nitrogen and oxygen atoms in total. The Morgan fingerprint density at radius 3 is 3.00 bits per heavy atom. The maximum absolute atomic E-state index is 4.37. The van der Waals surface area contributed by atoms with Gasteiger partial charge in [0.1, 0.15) is 0 Å². The molecule has 2 N–H and O–H groups in total. The Morgan fingerprint density at radius 1 is 1.33 bits per heavy atom. The van der Waals surface area contributed by atoms with Crippen LogP contribution in [0.3, 0.4) is 0 Å². The molecule has 2 unspecified atom stereocenters. The summed E-state index contributed by atoms with van der Waals surface area (Å²) >= 11 is 0. The molecule has 1 aromatic carbocycles. The van der Waals surface area contributed by atoms with Crippen LogP contribution in [0, 0.1) is 0 Å². The van der Waals surface area contributed by atoms with E-state index in [9.17, 15) is 0 Å². The maximum Gasteiger partial charge on any atom is 0.0541 e. The van der Waals surface area contributed by atoms with Crippen molar-refractivity contribution >= 4 is 5.69 Å². The zero-order valence-electron chi connectivity index (χ0n) is 12.8. The third-order valence-corrected chi connectivity index (χ3v) is 4.12. The highest BCUT2D eigenvalue weighted by molar-refractivity contribution is 5.58. The first-order chi connectivity index (χ1) is 10.3. The number of hydrogen-bond donors (Lipinski definition) is 2. The molecule has 1 aliphatic heterocycles. The summed E-state index contributed by atoms with van der Waals surface area (Å²) in [5.74, 6) is 0. The van der Waals surface area contributed by atoms with Crippen LogP contribution >= 0.6 is 0 Å². The third kappa shape index (κ3) is 3.24. The highest BCUT2D eigenvalue weighted by Crippen LogP contribution is 2.29. The monoisotopic (exact) mass is 281 g/mol. The predicted octanol–water partition coefficient (Wildman–Crippen LogP) is 3.68. The molecule has 0 bridgehead atoms. The van der Waals surface area contributed by atoms with Crippen LogP contribution in [-0.4, -0.2) is 11.0 Å². The van der Waals surface area contributed by atoms with Crippen LogP contribution in [0.4, 0.5) is 5.69 Å². The van der Waals surface area contributed by atoms with Crippen molar-refractivity contribution < 1.29 is 0 Å². The van der Waals surface area contributed by atoms with E-state index in [-0.39, 0.29) is 0 Å². The van der Waals surface area contributed by atoms with Crippen molar-refractivity contribution in [2.75, 3.05) is 5.32 Å². The van der Waals surface area contributed by atoms with E-state index in [0.717, 1.165) is 25.1 Å². The number of nitrogens with zero attached hydrogens (tertiary/aromatic N) is 1. The van der Waals surface area contributed by atoms with Crippen molar-refractivity contribution in [2.24, 2.45) is 0 Å². The first-order valence-electron chi connectivity index (χ1n) is 7.79. The van der Waals surface area contributed by atoms with Crippen molar-refractivity contribution in [3.63, 3.8) is 0 Å². The molecule has 3 heteroatoms. The third-order valence-electron chi connectivity index (χ3n) is 4.12. The van der Waals surface area contributed by atoms with Crippen molar-refractivity contribution in [3.05, 3.63) is 59.4 Å². The second-order valence-corrected chi connectivity index (χ2v) is 5.83. The Balaban J connectivity index is 1.70. The minimum atomic E-state index is 0.383. The van der Waals surface area contributed by atoms with Gasteiger partial charge in [-0.25, -0.2) is 0 Å². The van der Waals surface area contributed by atoms with Crippen LogP contribution in [0.5, 0.6) is 0 Å². The molecule has 0 amide bonds. The van der Waals surface area contributed by atoms with Crippen LogP contribution < -0.4 is 10.6 Å². The molecule has 0 saturated carbocycles. The Hall–Kier alpha value is -1.87. The number of aromatic nitrogens is 1. The molecule has 0 radical (unpaired) electrons. The van der Waals surface area contributed by atoms with Crippen LogP contribution in [0.25, 0.3) is 0 Å². The van der Waals surface area contributed by atoms with Gasteiger partial charge in [-0.05, 0) is 49.1 Å². The van der Waals surface area contributed by atoms with Crippen LogP contribution in [-0.2, 0) is 13.0 Å². The standard InChI is InChI=1S/C18H23N3/c1-3-17(20-12-16-6-4-5-9-19-16)14-7-8-18-15(11-14)10-13(2)21-18/h4-9,11,13,17,20-21H,3,10,12H2,1-2H3. The number of fused-ring (bicyclic) bond motifs is 1. The fourth-order valence-corrected chi connectivity index (χ4v) is 3.01. The van der Waals surface area contributed by atoms with E-state index in [1.165, 1.54) is 16.8 Å². The van der Waals surface area contributed by atoms with Gasteiger partial charge in [0.05, 0.1) is 5.69 Å². The fraction of sp³-hybridized carbons (Fsp3) is 0.389. The molecule has 110 valence electrons. The van der Waals surface area contributed by atoms with Crippen molar-refractivity contribution in [3.8, 4) is 0 Å². The summed E-state index contributed by atoms with van der Waals surface area (Å²) in [5, 5.41) is 7.13. The Bertz CT molecular complexity index is 595. The average Bonchev–Trinajstić information content (AvgIpc) is 2.88. The molecule has 1 aliphatic rings. The van der Waals surface area contributed by atoms with E-state index in [1.807, 2.05) is 18.3 Å². The van der Waals surface area contributed by atoms with Gasteiger partial charge in [-0.1, -0.05) is 25.1 Å². The lowest BCUT2D eigenvalue weighted by Crippen LogP contribution is -2.20. The van der Waals surface area contributed by atoms with Crippen LogP contribution in [0.15, 0.2) is 42.6 Å². The van der Waals surface area contributed by atoms with Gasteiger partial charge in [0.25, 0.3) is 0 Å². The van der Waals surface area contributed by atoms with Gasteiger partial charge < -0.3 is 10.6 Å².